The zero-order valence-electron chi connectivity index (χ0n) is 17.7. The van der Waals surface area contributed by atoms with Gasteiger partial charge in [-0.15, -0.1) is 0 Å². The summed E-state index contributed by atoms with van der Waals surface area (Å²) in [4.78, 5) is 17.1. The molecule has 0 radical (unpaired) electrons. The molecule has 0 aliphatic carbocycles. The topological polar surface area (TPSA) is 94.0 Å². The van der Waals surface area contributed by atoms with Gasteiger partial charge in [-0.1, -0.05) is 0 Å². The lowest BCUT2D eigenvalue weighted by molar-refractivity contribution is 0.0746. The number of carbonyl (C=O) groups excluding carboxylic acids is 1. The van der Waals surface area contributed by atoms with E-state index in [0.29, 0.717) is 49.7 Å². The van der Waals surface area contributed by atoms with Crippen molar-refractivity contribution >= 4 is 21.4 Å². The molecule has 9 nitrogen and oxygen atoms in total. The average molecular weight is 447 g/mol. The van der Waals surface area contributed by atoms with Crippen LogP contribution in [0.5, 0.6) is 11.5 Å². The normalized spacial score (nSPS) is 22.2. The Balaban J connectivity index is 1.28. The maximum atomic E-state index is 13.0. The van der Waals surface area contributed by atoms with Crippen LogP contribution in [0.1, 0.15) is 34.2 Å². The van der Waals surface area contributed by atoms with Crippen LogP contribution in [-0.4, -0.2) is 73.5 Å². The van der Waals surface area contributed by atoms with E-state index in [9.17, 15) is 13.2 Å². The van der Waals surface area contributed by atoms with Crippen molar-refractivity contribution in [3.05, 3.63) is 35.2 Å². The van der Waals surface area contributed by atoms with E-state index >= 15 is 0 Å². The van der Waals surface area contributed by atoms with Crippen molar-refractivity contribution in [1.82, 2.24) is 14.7 Å². The Labute approximate surface area is 181 Å². The predicted octanol–water partition coefficient (Wildman–Crippen LogP) is 1.55. The number of aryl methyl sites for hydroxylation is 1. The number of hydrogen-bond donors (Lipinski definition) is 0. The fraction of sp³-hybridized carbons (Fsp3) is 0.524. The molecule has 10 heteroatoms. The summed E-state index contributed by atoms with van der Waals surface area (Å²) in [6.45, 7) is 6.77. The number of sulfone groups is 1. The lowest BCUT2D eigenvalue weighted by Crippen LogP contribution is -2.49. The zero-order chi connectivity index (χ0) is 21.8. The first-order valence-corrected chi connectivity index (χ1v) is 12.3. The monoisotopic (exact) mass is 446 g/mol. The van der Waals surface area contributed by atoms with Crippen molar-refractivity contribution in [2.45, 2.75) is 26.3 Å². The summed E-state index contributed by atoms with van der Waals surface area (Å²) in [5.41, 5.74) is 3.55. The van der Waals surface area contributed by atoms with Crippen molar-refractivity contribution in [2.24, 2.45) is 0 Å². The van der Waals surface area contributed by atoms with Crippen LogP contribution in [0.2, 0.25) is 0 Å². The second-order valence-electron chi connectivity index (χ2n) is 8.37. The predicted molar refractivity (Wildman–Crippen MR) is 115 cm³/mol. The molecule has 1 aromatic carbocycles. The quantitative estimate of drug-likeness (QED) is 0.706. The summed E-state index contributed by atoms with van der Waals surface area (Å²) in [6.07, 6.45) is 0.613. The summed E-state index contributed by atoms with van der Waals surface area (Å²) in [5.74, 6) is 1.65. The first-order chi connectivity index (χ1) is 14.8. The minimum absolute atomic E-state index is 0.0155. The van der Waals surface area contributed by atoms with Crippen molar-refractivity contribution in [3.63, 3.8) is 0 Å². The summed E-state index contributed by atoms with van der Waals surface area (Å²) < 4.78 is 36.4. The van der Waals surface area contributed by atoms with E-state index < -0.39 is 9.84 Å². The molecule has 0 unspecified atom stereocenters. The third-order valence-electron chi connectivity index (χ3n) is 6.34. The van der Waals surface area contributed by atoms with E-state index in [0.717, 1.165) is 17.1 Å². The van der Waals surface area contributed by atoms with Gasteiger partial charge in [0.15, 0.2) is 21.3 Å². The fourth-order valence-electron chi connectivity index (χ4n) is 4.78. The highest BCUT2D eigenvalue weighted by molar-refractivity contribution is 7.91. The molecule has 0 bridgehead atoms. The maximum absolute atomic E-state index is 13.0. The SMILES string of the molecule is Cc1nn([C@H]2CCS(=O)(=O)C2)c(C)c1N1CCN(C(=O)c2ccc3c(c2)OCO3)CC1. The van der Waals surface area contributed by atoms with Crippen LogP contribution in [0.25, 0.3) is 0 Å². The molecule has 2 aromatic rings. The number of benzene rings is 1. The molecule has 166 valence electrons. The zero-order valence-corrected chi connectivity index (χ0v) is 18.5. The highest BCUT2D eigenvalue weighted by Gasteiger charge is 2.33. The molecule has 5 rings (SSSR count). The number of fused-ring (bicyclic) bond motifs is 1. The number of amides is 1. The average Bonchev–Trinajstić information content (AvgIpc) is 3.44. The van der Waals surface area contributed by atoms with Gasteiger partial charge in [-0.3, -0.25) is 9.48 Å². The number of aromatic nitrogens is 2. The first kappa shape index (κ1) is 20.2. The van der Waals surface area contributed by atoms with Crippen molar-refractivity contribution in [2.75, 3.05) is 49.4 Å². The lowest BCUT2D eigenvalue weighted by Gasteiger charge is -2.36. The minimum atomic E-state index is -2.97. The van der Waals surface area contributed by atoms with E-state index in [-0.39, 0.29) is 30.2 Å². The van der Waals surface area contributed by atoms with Crippen LogP contribution < -0.4 is 14.4 Å². The van der Waals surface area contributed by atoms with Crippen LogP contribution >= 0.6 is 0 Å². The Morgan fingerprint density at radius 1 is 1.10 bits per heavy atom. The first-order valence-electron chi connectivity index (χ1n) is 10.5. The molecule has 0 N–H and O–H groups in total. The van der Waals surface area contributed by atoms with Crippen molar-refractivity contribution < 1.29 is 22.7 Å². The maximum Gasteiger partial charge on any atom is 0.254 e. The van der Waals surface area contributed by atoms with Crippen LogP contribution in [0.15, 0.2) is 18.2 Å². The lowest BCUT2D eigenvalue weighted by atomic mass is 10.1. The molecule has 2 saturated heterocycles. The molecule has 1 atom stereocenters. The highest BCUT2D eigenvalue weighted by atomic mass is 32.2. The Bertz CT molecular complexity index is 1130. The van der Waals surface area contributed by atoms with Crippen LogP contribution in [-0.2, 0) is 9.84 Å². The number of rotatable bonds is 3. The highest BCUT2D eigenvalue weighted by Crippen LogP contribution is 2.34. The van der Waals surface area contributed by atoms with Gasteiger partial charge in [-0.2, -0.15) is 5.10 Å². The second kappa shape index (κ2) is 7.44. The minimum Gasteiger partial charge on any atom is -0.454 e. The smallest absolute Gasteiger partial charge is 0.254 e. The summed E-state index contributed by atoms with van der Waals surface area (Å²) >= 11 is 0. The Hall–Kier alpha value is -2.75. The molecular formula is C21H26N4O5S. The van der Waals surface area contributed by atoms with Gasteiger partial charge < -0.3 is 19.3 Å². The van der Waals surface area contributed by atoms with E-state index in [2.05, 4.69) is 10.00 Å². The van der Waals surface area contributed by atoms with Crippen molar-refractivity contribution in [3.8, 4) is 11.5 Å². The molecule has 2 fully saturated rings. The molecule has 1 amide bonds. The largest absolute Gasteiger partial charge is 0.454 e. The van der Waals surface area contributed by atoms with Crippen LogP contribution in [0.3, 0.4) is 0 Å². The Morgan fingerprint density at radius 3 is 2.55 bits per heavy atom. The van der Waals surface area contributed by atoms with E-state index in [1.807, 2.05) is 23.4 Å². The molecule has 0 saturated carbocycles. The molecule has 4 heterocycles. The molecule has 1 aromatic heterocycles. The number of nitrogens with zero attached hydrogens (tertiary/aromatic N) is 4. The number of ether oxygens (including phenoxy) is 2. The van der Waals surface area contributed by atoms with Gasteiger partial charge in [0, 0.05) is 31.7 Å². The Morgan fingerprint density at radius 2 is 1.84 bits per heavy atom. The van der Waals surface area contributed by atoms with E-state index in [4.69, 9.17) is 9.47 Å². The molecule has 0 spiro atoms. The third kappa shape index (κ3) is 3.62. The van der Waals surface area contributed by atoms with E-state index in [1.54, 1.807) is 18.2 Å². The summed E-state index contributed by atoms with van der Waals surface area (Å²) in [7, 11) is -2.97. The standard InChI is InChI=1S/C21H26N4O5S/c1-14-20(15(2)25(22-14)17-5-10-31(27,28)12-17)23-6-8-24(9-7-23)21(26)16-3-4-18-19(11-16)30-13-29-18/h3-4,11,17H,5-10,12-13H2,1-2H3/t17-/m0/s1. The second-order valence-corrected chi connectivity index (χ2v) is 10.6. The van der Waals surface area contributed by atoms with E-state index in [1.165, 1.54) is 0 Å². The van der Waals surface area contributed by atoms with Crippen LogP contribution in [0.4, 0.5) is 5.69 Å². The van der Waals surface area contributed by atoms with Gasteiger partial charge in [0.25, 0.3) is 5.91 Å². The van der Waals surface area contributed by atoms with Gasteiger partial charge >= 0.3 is 0 Å². The molecular weight excluding hydrogens is 420 g/mol. The van der Waals surface area contributed by atoms with Gasteiger partial charge in [0.2, 0.25) is 6.79 Å². The van der Waals surface area contributed by atoms with Gasteiger partial charge in [0.05, 0.1) is 34.6 Å². The molecule has 31 heavy (non-hydrogen) atoms. The number of hydrogen-bond acceptors (Lipinski definition) is 7. The summed E-state index contributed by atoms with van der Waals surface area (Å²) in [6, 6.07) is 5.20. The Kier molecular flexibility index (Phi) is 4.84. The van der Waals surface area contributed by atoms with Crippen molar-refractivity contribution in [1.29, 1.82) is 0 Å². The van der Waals surface area contributed by atoms with Crippen LogP contribution in [0, 0.1) is 13.8 Å². The number of piperazine rings is 1. The number of anilines is 1. The molecule has 3 aliphatic heterocycles. The van der Waals surface area contributed by atoms with Gasteiger partial charge in [-0.25, -0.2) is 8.42 Å². The molecule has 3 aliphatic rings. The number of carbonyl (C=O) groups is 1. The fourth-order valence-corrected chi connectivity index (χ4v) is 6.47. The van der Waals surface area contributed by atoms with Gasteiger partial charge in [-0.05, 0) is 38.5 Å². The summed E-state index contributed by atoms with van der Waals surface area (Å²) in [5, 5.41) is 4.67. The third-order valence-corrected chi connectivity index (χ3v) is 8.09. The van der Waals surface area contributed by atoms with Gasteiger partial charge in [0.1, 0.15) is 0 Å².